The molecule has 0 radical (unpaired) electrons. The summed E-state index contributed by atoms with van der Waals surface area (Å²) in [7, 11) is -3.49. The lowest BCUT2D eigenvalue weighted by Crippen LogP contribution is -2.25. The number of aliphatic carboxylic acids is 1. The summed E-state index contributed by atoms with van der Waals surface area (Å²) < 4.78 is 25.9. The molecule has 0 bridgehead atoms. The molecule has 1 aromatic carbocycles. The van der Waals surface area contributed by atoms with Gasteiger partial charge in [0.15, 0.2) is 9.84 Å². The molecule has 0 aliphatic rings. The Morgan fingerprint density at radius 3 is 2.61 bits per heavy atom. The maximum absolute atomic E-state index is 12.2. The number of tetrazole rings is 1. The van der Waals surface area contributed by atoms with Crippen molar-refractivity contribution in [3.8, 4) is 0 Å². The van der Waals surface area contributed by atoms with Gasteiger partial charge < -0.3 is 5.11 Å². The Labute approximate surface area is 134 Å². The topological polar surface area (TPSA) is 115 Å². The van der Waals surface area contributed by atoms with Crippen LogP contribution < -0.4 is 0 Å². The van der Waals surface area contributed by atoms with Crippen LogP contribution in [0.1, 0.15) is 18.4 Å². The largest absolute Gasteiger partial charge is 0.481 e. The Hall–Kier alpha value is -2.29. The van der Waals surface area contributed by atoms with Gasteiger partial charge in [-0.3, -0.25) is 4.79 Å². The molecule has 124 valence electrons. The van der Waals surface area contributed by atoms with E-state index in [1.54, 1.807) is 30.3 Å². The van der Waals surface area contributed by atoms with Gasteiger partial charge in [-0.15, -0.1) is 5.10 Å². The summed E-state index contributed by atoms with van der Waals surface area (Å²) in [5, 5.41) is 19.9. The minimum Gasteiger partial charge on any atom is -0.481 e. The summed E-state index contributed by atoms with van der Waals surface area (Å²) >= 11 is 0. The third-order valence-corrected chi connectivity index (χ3v) is 5.05. The first kappa shape index (κ1) is 17.1. The van der Waals surface area contributed by atoms with Crippen LogP contribution in [0.3, 0.4) is 0 Å². The second-order valence-corrected chi connectivity index (χ2v) is 7.40. The van der Waals surface area contributed by atoms with E-state index < -0.39 is 21.7 Å². The standard InChI is InChI=1S/C14H18N4O4S/c19-14(20)13(7-4-8-18-11-15-16-17-18)10-23(21,22)9-12-5-2-1-3-6-12/h1-3,5-6,11,13H,4,7-10H2,(H,19,20)/t13-/m0/s1. The quantitative estimate of drug-likeness (QED) is 0.718. The Kier molecular flexibility index (Phi) is 5.80. The number of hydrogen-bond acceptors (Lipinski definition) is 6. The number of nitrogens with zero attached hydrogens (tertiary/aromatic N) is 4. The molecule has 0 aliphatic heterocycles. The number of benzene rings is 1. The monoisotopic (exact) mass is 338 g/mol. The van der Waals surface area contributed by atoms with Crippen LogP contribution in [0.25, 0.3) is 0 Å². The molecule has 0 fully saturated rings. The average molecular weight is 338 g/mol. The van der Waals surface area contributed by atoms with Gasteiger partial charge in [-0.2, -0.15) is 0 Å². The Balaban J connectivity index is 1.91. The zero-order chi connectivity index (χ0) is 16.7. The fourth-order valence-corrected chi connectivity index (χ4v) is 3.99. The van der Waals surface area contributed by atoms with Crippen molar-refractivity contribution in [1.82, 2.24) is 20.2 Å². The third-order valence-electron chi connectivity index (χ3n) is 3.37. The molecule has 0 amide bonds. The van der Waals surface area contributed by atoms with Crippen molar-refractivity contribution in [2.45, 2.75) is 25.1 Å². The van der Waals surface area contributed by atoms with Crippen LogP contribution in [-0.4, -0.2) is 45.5 Å². The third kappa shape index (κ3) is 5.78. The van der Waals surface area contributed by atoms with E-state index in [4.69, 9.17) is 0 Å². The van der Waals surface area contributed by atoms with Crippen LogP contribution in [0.4, 0.5) is 0 Å². The highest BCUT2D eigenvalue weighted by atomic mass is 32.2. The predicted molar refractivity (Wildman–Crippen MR) is 82.1 cm³/mol. The van der Waals surface area contributed by atoms with Crippen LogP contribution >= 0.6 is 0 Å². The second kappa shape index (κ2) is 7.82. The smallest absolute Gasteiger partial charge is 0.307 e. The van der Waals surface area contributed by atoms with Crippen LogP contribution in [0.15, 0.2) is 36.7 Å². The summed E-state index contributed by atoms with van der Waals surface area (Å²) in [6, 6.07) is 8.74. The Morgan fingerprint density at radius 2 is 2.00 bits per heavy atom. The first-order valence-corrected chi connectivity index (χ1v) is 8.96. The summed E-state index contributed by atoms with van der Waals surface area (Å²) in [4.78, 5) is 11.3. The van der Waals surface area contributed by atoms with E-state index >= 15 is 0 Å². The molecule has 0 aliphatic carbocycles. The minimum atomic E-state index is -3.49. The molecule has 23 heavy (non-hydrogen) atoms. The number of carboxylic acids is 1. The number of rotatable bonds is 9. The van der Waals surface area contributed by atoms with E-state index in [-0.39, 0.29) is 17.9 Å². The number of sulfone groups is 1. The van der Waals surface area contributed by atoms with Crippen molar-refractivity contribution in [3.05, 3.63) is 42.2 Å². The van der Waals surface area contributed by atoms with Gasteiger partial charge in [-0.1, -0.05) is 30.3 Å². The van der Waals surface area contributed by atoms with Crippen LogP contribution in [-0.2, 0) is 26.9 Å². The van der Waals surface area contributed by atoms with Crippen molar-refractivity contribution in [2.24, 2.45) is 5.92 Å². The highest BCUT2D eigenvalue weighted by Crippen LogP contribution is 2.15. The zero-order valence-corrected chi connectivity index (χ0v) is 13.3. The summed E-state index contributed by atoms with van der Waals surface area (Å²) in [6.07, 6.45) is 2.17. The van der Waals surface area contributed by atoms with Gasteiger partial charge in [0.25, 0.3) is 0 Å². The first-order chi connectivity index (χ1) is 11.0. The molecule has 1 heterocycles. The lowest BCUT2D eigenvalue weighted by molar-refractivity contribution is -0.141. The van der Waals surface area contributed by atoms with Crippen LogP contribution in [0.2, 0.25) is 0 Å². The van der Waals surface area contributed by atoms with E-state index in [9.17, 15) is 18.3 Å². The van der Waals surface area contributed by atoms with Gasteiger partial charge in [0.2, 0.25) is 0 Å². The van der Waals surface area contributed by atoms with Crippen molar-refractivity contribution >= 4 is 15.8 Å². The van der Waals surface area contributed by atoms with E-state index in [2.05, 4.69) is 15.5 Å². The van der Waals surface area contributed by atoms with Crippen molar-refractivity contribution in [2.75, 3.05) is 5.75 Å². The number of aryl methyl sites for hydroxylation is 1. The molecule has 2 aromatic rings. The van der Waals surface area contributed by atoms with Crippen molar-refractivity contribution < 1.29 is 18.3 Å². The van der Waals surface area contributed by atoms with Gasteiger partial charge in [-0.05, 0) is 28.8 Å². The lowest BCUT2D eigenvalue weighted by Gasteiger charge is -2.12. The molecule has 1 atom stereocenters. The van der Waals surface area contributed by atoms with Gasteiger partial charge in [0.05, 0.1) is 17.4 Å². The SMILES string of the molecule is O=C(O)[C@@H](CCCn1cnnn1)CS(=O)(=O)Cc1ccccc1. The van der Waals surface area contributed by atoms with Gasteiger partial charge >= 0.3 is 5.97 Å². The molecule has 0 unspecified atom stereocenters. The molecule has 8 nitrogen and oxygen atoms in total. The van der Waals surface area contributed by atoms with Gasteiger partial charge in [0.1, 0.15) is 6.33 Å². The molecule has 1 N–H and O–H groups in total. The highest BCUT2D eigenvalue weighted by molar-refractivity contribution is 7.90. The highest BCUT2D eigenvalue weighted by Gasteiger charge is 2.25. The van der Waals surface area contributed by atoms with Crippen LogP contribution in [0, 0.1) is 5.92 Å². The Morgan fingerprint density at radius 1 is 1.26 bits per heavy atom. The maximum Gasteiger partial charge on any atom is 0.307 e. The summed E-state index contributed by atoms with van der Waals surface area (Å²) in [5.74, 6) is -2.55. The van der Waals surface area contributed by atoms with Crippen molar-refractivity contribution in [3.63, 3.8) is 0 Å². The fourth-order valence-electron chi connectivity index (χ4n) is 2.25. The number of carboxylic acid groups (broad SMARTS) is 1. The minimum absolute atomic E-state index is 0.148. The van der Waals surface area contributed by atoms with E-state index in [0.717, 1.165) is 0 Å². The molecule has 2 rings (SSSR count). The molecule has 0 spiro atoms. The van der Waals surface area contributed by atoms with Crippen molar-refractivity contribution in [1.29, 1.82) is 0 Å². The normalized spacial score (nSPS) is 12.9. The van der Waals surface area contributed by atoms with Gasteiger partial charge in [-0.25, -0.2) is 13.1 Å². The molecule has 0 saturated heterocycles. The van der Waals surface area contributed by atoms with E-state index in [1.165, 1.54) is 11.0 Å². The zero-order valence-electron chi connectivity index (χ0n) is 12.4. The summed E-state index contributed by atoms with van der Waals surface area (Å²) in [6.45, 7) is 0.454. The van der Waals surface area contributed by atoms with Gasteiger partial charge in [0, 0.05) is 6.54 Å². The molecular formula is C14H18N4O4S. The molecule has 9 heteroatoms. The molecular weight excluding hydrogens is 320 g/mol. The molecule has 1 aromatic heterocycles. The van der Waals surface area contributed by atoms with E-state index in [1.807, 2.05) is 0 Å². The van der Waals surface area contributed by atoms with Crippen LogP contribution in [0.5, 0.6) is 0 Å². The maximum atomic E-state index is 12.2. The number of hydrogen-bond donors (Lipinski definition) is 1. The second-order valence-electron chi connectivity index (χ2n) is 5.29. The number of carbonyl (C=O) groups is 1. The summed E-state index contributed by atoms with van der Waals surface area (Å²) in [5.41, 5.74) is 0.658. The predicted octanol–water partition coefficient (Wildman–Crippen LogP) is 0.769. The Bertz CT molecular complexity index is 717. The number of aromatic nitrogens is 4. The lowest BCUT2D eigenvalue weighted by atomic mass is 10.1. The average Bonchev–Trinajstić information content (AvgIpc) is 2.99. The first-order valence-electron chi connectivity index (χ1n) is 7.14. The van der Waals surface area contributed by atoms with E-state index in [0.29, 0.717) is 18.5 Å². The molecule has 0 saturated carbocycles. The fraction of sp³-hybridized carbons (Fsp3) is 0.429.